The zero-order chi connectivity index (χ0) is 16.3. The van der Waals surface area contributed by atoms with Crippen LogP contribution in [0, 0.1) is 0 Å². The van der Waals surface area contributed by atoms with Crippen molar-refractivity contribution < 1.29 is 27.8 Å². The molecule has 5 nitrogen and oxygen atoms in total. The van der Waals surface area contributed by atoms with Gasteiger partial charge in [-0.3, -0.25) is 0 Å². The monoisotopic (exact) mass is 314 g/mol. The minimum Gasteiger partial charge on any atom is -0.487 e. The Labute approximate surface area is 124 Å². The Hall–Kier alpha value is -2.51. The summed E-state index contributed by atoms with van der Waals surface area (Å²) in [4.78, 5) is 14.8. The average molecular weight is 314 g/mol. The van der Waals surface area contributed by atoms with Crippen LogP contribution >= 0.6 is 0 Å². The topological polar surface area (TPSA) is 64.4 Å². The van der Waals surface area contributed by atoms with E-state index in [-0.39, 0.29) is 23.9 Å². The van der Waals surface area contributed by atoms with Crippen LogP contribution in [0.3, 0.4) is 0 Å². The van der Waals surface area contributed by atoms with Gasteiger partial charge >= 0.3 is 12.1 Å². The number of nitrogens with zero attached hydrogens (tertiary/aromatic N) is 2. The van der Waals surface area contributed by atoms with Crippen LogP contribution in [0.15, 0.2) is 30.5 Å². The number of carboxylic acids is 1. The summed E-state index contributed by atoms with van der Waals surface area (Å²) in [6.45, 7) is 1.87. The summed E-state index contributed by atoms with van der Waals surface area (Å²) in [5.74, 6) is -1.70. The van der Waals surface area contributed by atoms with Gasteiger partial charge in [0.15, 0.2) is 0 Å². The Balaban J connectivity index is 2.19. The first-order chi connectivity index (χ1) is 10.3. The number of ether oxygens (including phenoxy) is 1. The van der Waals surface area contributed by atoms with Crippen molar-refractivity contribution in [2.45, 2.75) is 26.3 Å². The van der Waals surface area contributed by atoms with Crippen molar-refractivity contribution in [3.05, 3.63) is 47.5 Å². The van der Waals surface area contributed by atoms with Crippen LogP contribution in [0.5, 0.6) is 5.75 Å². The highest BCUT2D eigenvalue weighted by molar-refractivity contribution is 5.83. The van der Waals surface area contributed by atoms with E-state index >= 15 is 0 Å². The number of hydrogen-bond acceptors (Lipinski definition) is 3. The highest BCUT2D eigenvalue weighted by Gasteiger charge is 2.34. The smallest absolute Gasteiger partial charge is 0.419 e. The maximum absolute atomic E-state index is 12.8. The number of aromatic nitrogens is 2. The molecule has 22 heavy (non-hydrogen) atoms. The number of carboxylic acid groups (broad SMARTS) is 1. The SMILES string of the molecule is CCn1cc(COc2ccccc2C(F)(F)F)nc1C(=O)O. The number of rotatable bonds is 5. The van der Waals surface area contributed by atoms with Crippen molar-refractivity contribution in [1.29, 1.82) is 0 Å². The Kier molecular flexibility index (Phi) is 4.39. The Morgan fingerprint density at radius 2 is 2.05 bits per heavy atom. The van der Waals surface area contributed by atoms with Crippen molar-refractivity contribution in [2.75, 3.05) is 0 Å². The van der Waals surface area contributed by atoms with Gasteiger partial charge in [0.05, 0.1) is 11.3 Å². The Morgan fingerprint density at radius 3 is 2.59 bits per heavy atom. The summed E-state index contributed by atoms with van der Waals surface area (Å²) >= 11 is 0. The normalized spacial score (nSPS) is 11.5. The van der Waals surface area contributed by atoms with Crippen LogP contribution in [0.25, 0.3) is 0 Å². The molecule has 0 aliphatic heterocycles. The number of benzene rings is 1. The molecule has 2 rings (SSSR count). The maximum atomic E-state index is 12.8. The highest BCUT2D eigenvalue weighted by atomic mass is 19.4. The van der Waals surface area contributed by atoms with Gasteiger partial charge in [0.2, 0.25) is 5.82 Å². The third kappa shape index (κ3) is 3.38. The second-order valence-corrected chi connectivity index (χ2v) is 4.43. The fourth-order valence-corrected chi connectivity index (χ4v) is 1.93. The van der Waals surface area contributed by atoms with E-state index in [1.807, 2.05) is 0 Å². The molecule has 0 saturated carbocycles. The first-order valence-corrected chi connectivity index (χ1v) is 6.41. The number of imidazole rings is 1. The second-order valence-electron chi connectivity index (χ2n) is 4.43. The molecule has 0 aliphatic carbocycles. The molecule has 0 amide bonds. The molecule has 0 unspecified atom stereocenters. The molecular weight excluding hydrogens is 301 g/mol. The number of aryl methyl sites for hydroxylation is 1. The van der Waals surface area contributed by atoms with Crippen LogP contribution in [0.1, 0.15) is 28.8 Å². The van der Waals surface area contributed by atoms with Crippen LogP contribution < -0.4 is 4.74 Å². The van der Waals surface area contributed by atoms with Crippen LogP contribution in [-0.2, 0) is 19.3 Å². The van der Waals surface area contributed by atoms with Crippen molar-refractivity contribution in [3.8, 4) is 5.75 Å². The van der Waals surface area contributed by atoms with E-state index < -0.39 is 17.7 Å². The van der Waals surface area contributed by atoms with E-state index in [9.17, 15) is 18.0 Å². The van der Waals surface area contributed by atoms with Gasteiger partial charge in [-0.05, 0) is 19.1 Å². The molecule has 0 saturated heterocycles. The van der Waals surface area contributed by atoms with E-state index in [1.54, 1.807) is 6.92 Å². The van der Waals surface area contributed by atoms with Crippen molar-refractivity contribution in [3.63, 3.8) is 0 Å². The standard InChI is InChI=1S/C14H13F3N2O3/c1-2-19-7-9(18-12(19)13(20)21)8-22-11-6-4-3-5-10(11)14(15,16)17/h3-7H,2,8H2,1H3,(H,20,21). The van der Waals surface area contributed by atoms with Gasteiger partial charge < -0.3 is 14.4 Å². The van der Waals surface area contributed by atoms with Crippen LogP contribution in [0.2, 0.25) is 0 Å². The lowest BCUT2D eigenvalue weighted by molar-refractivity contribution is -0.139. The van der Waals surface area contributed by atoms with Crippen molar-refractivity contribution >= 4 is 5.97 Å². The van der Waals surface area contributed by atoms with Crippen molar-refractivity contribution in [2.24, 2.45) is 0 Å². The lowest BCUT2D eigenvalue weighted by Gasteiger charge is -2.12. The molecular formula is C14H13F3N2O3. The summed E-state index contributed by atoms with van der Waals surface area (Å²) in [5.41, 5.74) is -0.639. The Bertz CT molecular complexity index is 680. The molecule has 1 aromatic carbocycles. The zero-order valence-corrected chi connectivity index (χ0v) is 11.6. The molecule has 118 valence electrons. The van der Waals surface area contributed by atoms with E-state index in [4.69, 9.17) is 9.84 Å². The van der Waals surface area contributed by atoms with Gasteiger partial charge in [-0.2, -0.15) is 13.2 Å². The van der Waals surface area contributed by atoms with Gasteiger partial charge in [-0.1, -0.05) is 12.1 Å². The molecule has 0 bridgehead atoms. The molecule has 1 aromatic heterocycles. The van der Waals surface area contributed by atoms with E-state index in [0.717, 1.165) is 6.07 Å². The van der Waals surface area contributed by atoms with Crippen LogP contribution in [0.4, 0.5) is 13.2 Å². The molecule has 2 aromatic rings. The van der Waals surface area contributed by atoms with Gasteiger partial charge in [-0.15, -0.1) is 0 Å². The number of para-hydroxylation sites is 1. The van der Waals surface area contributed by atoms with E-state index in [2.05, 4.69) is 4.98 Å². The molecule has 0 fully saturated rings. The third-order valence-corrected chi connectivity index (χ3v) is 2.93. The summed E-state index contributed by atoms with van der Waals surface area (Å²) in [5, 5.41) is 8.97. The number of hydrogen-bond donors (Lipinski definition) is 1. The summed E-state index contributed by atoms with van der Waals surface area (Å²) in [7, 11) is 0. The maximum Gasteiger partial charge on any atom is 0.419 e. The zero-order valence-electron chi connectivity index (χ0n) is 11.6. The molecule has 0 radical (unpaired) electrons. The summed E-state index contributed by atoms with van der Waals surface area (Å²) < 4.78 is 45.0. The molecule has 8 heteroatoms. The number of alkyl halides is 3. The number of carbonyl (C=O) groups is 1. The minimum absolute atomic E-state index is 0.176. The number of aromatic carboxylic acids is 1. The number of halogens is 3. The van der Waals surface area contributed by atoms with Crippen LogP contribution in [-0.4, -0.2) is 20.6 Å². The first-order valence-electron chi connectivity index (χ1n) is 6.41. The lowest BCUT2D eigenvalue weighted by atomic mass is 10.2. The lowest BCUT2D eigenvalue weighted by Crippen LogP contribution is -2.09. The first kappa shape index (κ1) is 15.9. The average Bonchev–Trinajstić information content (AvgIpc) is 2.88. The Morgan fingerprint density at radius 1 is 1.36 bits per heavy atom. The molecule has 0 aliphatic rings. The minimum atomic E-state index is -4.52. The third-order valence-electron chi connectivity index (χ3n) is 2.93. The summed E-state index contributed by atoms with van der Waals surface area (Å²) in [6.07, 6.45) is -3.08. The van der Waals surface area contributed by atoms with Gasteiger partial charge in [0.25, 0.3) is 0 Å². The van der Waals surface area contributed by atoms with E-state index in [0.29, 0.717) is 6.54 Å². The van der Waals surface area contributed by atoms with Gasteiger partial charge in [0, 0.05) is 12.7 Å². The second kappa shape index (κ2) is 6.08. The molecule has 0 spiro atoms. The summed E-state index contributed by atoms with van der Waals surface area (Å²) in [6, 6.07) is 4.82. The van der Waals surface area contributed by atoms with Gasteiger partial charge in [-0.25, -0.2) is 9.78 Å². The van der Waals surface area contributed by atoms with Gasteiger partial charge in [0.1, 0.15) is 12.4 Å². The fourth-order valence-electron chi connectivity index (χ4n) is 1.93. The highest BCUT2D eigenvalue weighted by Crippen LogP contribution is 2.36. The molecule has 0 atom stereocenters. The molecule has 1 heterocycles. The predicted molar refractivity (Wildman–Crippen MR) is 70.6 cm³/mol. The molecule has 1 N–H and O–H groups in total. The quantitative estimate of drug-likeness (QED) is 0.920. The predicted octanol–water partition coefficient (Wildman–Crippen LogP) is 3.20. The van der Waals surface area contributed by atoms with E-state index in [1.165, 1.54) is 29.0 Å². The van der Waals surface area contributed by atoms with Crippen molar-refractivity contribution in [1.82, 2.24) is 9.55 Å². The fraction of sp³-hybridized carbons (Fsp3) is 0.286. The largest absolute Gasteiger partial charge is 0.487 e.